The predicted molar refractivity (Wildman–Crippen MR) is 67.2 cm³/mol. The van der Waals surface area contributed by atoms with Crippen molar-refractivity contribution in [3.8, 4) is 0 Å². The second-order valence-corrected chi connectivity index (χ2v) is 4.85. The van der Waals surface area contributed by atoms with Crippen LogP contribution in [0.15, 0.2) is 0 Å². The van der Waals surface area contributed by atoms with Crippen molar-refractivity contribution < 1.29 is 4.79 Å². The second kappa shape index (κ2) is 5.19. The molecular weight excluding hydrogens is 238 g/mol. The van der Waals surface area contributed by atoms with Crippen LogP contribution < -0.4 is 0 Å². The molecule has 0 aromatic carbocycles. The lowest BCUT2D eigenvalue weighted by Crippen LogP contribution is -2.34. The van der Waals surface area contributed by atoms with E-state index in [0.717, 1.165) is 42.6 Å². The van der Waals surface area contributed by atoms with Crippen LogP contribution in [0.4, 0.5) is 0 Å². The van der Waals surface area contributed by atoms with E-state index in [0.29, 0.717) is 18.6 Å². The first-order valence-corrected chi connectivity index (χ1v) is 6.45. The summed E-state index contributed by atoms with van der Waals surface area (Å²) in [5.41, 5.74) is 1.96. The van der Waals surface area contributed by atoms with Gasteiger partial charge in [-0.15, -0.1) is 0 Å². The number of ketones is 1. The van der Waals surface area contributed by atoms with Crippen molar-refractivity contribution in [2.24, 2.45) is 0 Å². The minimum Gasteiger partial charge on any atom is -0.300 e. The Morgan fingerprint density at radius 1 is 1.35 bits per heavy atom. The summed E-state index contributed by atoms with van der Waals surface area (Å²) in [7, 11) is 0. The molecule has 17 heavy (non-hydrogen) atoms. The first kappa shape index (κ1) is 12.6. The summed E-state index contributed by atoms with van der Waals surface area (Å²) in [6.07, 6.45) is 1.33. The Hall–Kier alpha value is -0.870. The molecule has 0 unspecified atom stereocenters. The van der Waals surface area contributed by atoms with Gasteiger partial charge in [0.1, 0.15) is 5.78 Å². The molecular formula is C12H18ClN3O. The van der Waals surface area contributed by atoms with Gasteiger partial charge in [-0.2, -0.15) is 5.10 Å². The third kappa shape index (κ3) is 2.69. The number of carbonyl (C=O) groups excluding carboxylic acids is 1. The average Bonchev–Trinajstić information content (AvgIpc) is 2.59. The highest BCUT2D eigenvalue weighted by Crippen LogP contribution is 2.22. The highest BCUT2D eigenvalue weighted by Gasteiger charge is 2.20. The lowest BCUT2D eigenvalue weighted by Gasteiger charge is -2.25. The second-order valence-electron chi connectivity index (χ2n) is 4.48. The summed E-state index contributed by atoms with van der Waals surface area (Å²) < 4.78 is 1.95. The van der Waals surface area contributed by atoms with Crippen LogP contribution in [0.25, 0.3) is 0 Å². The van der Waals surface area contributed by atoms with Crippen molar-refractivity contribution in [3.05, 3.63) is 16.4 Å². The summed E-state index contributed by atoms with van der Waals surface area (Å²) in [5, 5.41) is 5.17. The molecule has 1 aromatic rings. The zero-order valence-electron chi connectivity index (χ0n) is 10.4. The van der Waals surface area contributed by atoms with E-state index in [-0.39, 0.29) is 0 Å². The lowest BCUT2D eigenvalue weighted by molar-refractivity contribution is -0.121. The molecule has 1 aliphatic heterocycles. The first-order chi connectivity index (χ1) is 8.11. The maximum absolute atomic E-state index is 11.2. The Balaban J connectivity index is 2.10. The van der Waals surface area contributed by atoms with Crippen molar-refractivity contribution in [2.75, 3.05) is 13.1 Å². The van der Waals surface area contributed by atoms with Crippen LogP contribution in [-0.2, 0) is 17.9 Å². The standard InChI is InChI=1S/C12H18ClN3O/c1-3-16-11(12(13)9(2)14-16)8-15-6-4-10(17)5-7-15/h3-8H2,1-2H3. The van der Waals surface area contributed by atoms with Crippen molar-refractivity contribution in [1.29, 1.82) is 0 Å². The molecule has 0 amide bonds. The molecule has 5 heteroatoms. The summed E-state index contributed by atoms with van der Waals surface area (Å²) in [5.74, 6) is 0.368. The molecule has 94 valence electrons. The third-order valence-electron chi connectivity index (χ3n) is 3.24. The number of hydrogen-bond donors (Lipinski definition) is 0. The predicted octanol–water partition coefficient (Wildman–Crippen LogP) is 2.03. The third-order valence-corrected chi connectivity index (χ3v) is 3.73. The van der Waals surface area contributed by atoms with Gasteiger partial charge in [-0.3, -0.25) is 14.4 Å². The molecule has 0 bridgehead atoms. The molecule has 4 nitrogen and oxygen atoms in total. The van der Waals surface area contributed by atoms with E-state index in [1.54, 1.807) is 0 Å². The van der Waals surface area contributed by atoms with E-state index in [2.05, 4.69) is 16.9 Å². The van der Waals surface area contributed by atoms with Crippen LogP contribution in [0.2, 0.25) is 5.02 Å². The van der Waals surface area contributed by atoms with Crippen molar-refractivity contribution in [1.82, 2.24) is 14.7 Å². The zero-order chi connectivity index (χ0) is 12.4. The molecule has 1 fully saturated rings. The van der Waals surface area contributed by atoms with Gasteiger partial charge in [0.15, 0.2) is 0 Å². The van der Waals surface area contributed by atoms with E-state index in [4.69, 9.17) is 11.6 Å². The maximum atomic E-state index is 11.2. The van der Waals surface area contributed by atoms with E-state index >= 15 is 0 Å². The molecule has 1 aromatic heterocycles. The highest BCUT2D eigenvalue weighted by atomic mass is 35.5. The number of nitrogens with zero attached hydrogens (tertiary/aromatic N) is 3. The van der Waals surface area contributed by atoms with Gasteiger partial charge in [0, 0.05) is 39.0 Å². The number of rotatable bonds is 3. The smallest absolute Gasteiger partial charge is 0.135 e. The van der Waals surface area contributed by atoms with Crippen LogP contribution in [-0.4, -0.2) is 33.6 Å². The number of piperidine rings is 1. The summed E-state index contributed by atoms with van der Waals surface area (Å²) >= 11 is 6.26. The van der Waals surface area contributed by atoms with Crippen LogP contribution >= 0.6 is 11.6 Å². The summed E-state index contributed by atoms with van der Waals surface area (Å²) in [6, 6.07) is 0. The number of carbonyl (C=O) groups is 1. The fraction of sp³-hybridized carbons (Fsp3) is 0.667. The van der Waals surface area contributed by atoms with Gasteiger partial charge >= 0.3 is 0 Å². The lowest BCUT2D eigenvalue weighted by atomic mass is 10.1. The summed E-state index contributed by atoms with van der Waals surface area (Å²) in [4.78, 5) is 13.5. The Labute approximate surface area is 107 Å². The fourth-order valence-electron chi connectivity index (χ4n) is 2.19. The Morgan fingerprint density at radius 3 is 2.59 bits per heavy atom. The number of aromatic nitrogens is 2. The monoisotopic (exact) mass is 255 g/mol. The normalized spacial score (nSPS) is 17.7. The van der Waals surface area contributed by atoms with Crippen LogP contribution in [0, 0.1) is 6.92 Å². The quantitative estimate of drug-likeness (QED) is 0.830. The summed E-state index contributed by atoms with van der Waals surface area (Å²) in [6.45, 7) is 7.28. The maximum Gasteiger partial charge on any atom is 0.135 e. The number of aryl methyl sites for hydroxylation is 2. The Kier molecular flexibility index (Phi) is 3.84. The molecule has 0 N–H and O–H groups in total. The largest absolute Gasteiger partial charge is 0.300 e. The minimum atomic E-state index is 0.368. The zero-order valence-corrected chi connectivity index (χ0v) is 11.1. The van der Waals surface area contributed by atoms with Crippen LogP contribution in [0.1, 0.15) is 31.2 Å². The van der Waals surface area contributed by atoms with Crippen molar-refractivity contribution >= 4 is 17.4 Å². The molecule has 2 heterocycles. The number of hydrogen-bond acceptors (Lipinski definition) is 3. The van der Waals surface area contributed by atoms with E-state index in [1.165, 1.54) is 0 Å². The fourth-order valence-corrected chi connectivity index (χ4v) is 2.39. The molecule has 0 atom stereocenters. The topological polar surface area (TPSA) is 38.1 Å². The van der Waals surface area contributed by atoms with E-state index < -0.39 is 0 Å². The van der Waals surface area contributed by atoms with E-state index in [1.807, 2.05) is 11.6 Å². The first-order valence-electron chi connectivity index (χ1n) is 6.07. The SMILES string of the molecule is CCn1nc(C)c(Cl)c1CN1CCC(=O)CC1. The number of halogens is 1. The van der Waals surface area contributed by atoms with Gasteiger partial charge in [-0.25, -0.2) is 0 Å². The van der Waals surface area contributed by atoms with Gasteiger partial charge in [-0.1, -0.05) is 11.6 Å². The molecule has 0 radical (unpaired) electrons. The molecule has 0 saturated carbocycles. The number of Topliss-reactive ketones (excluding diaryl/α,β-unsaturated/α-hetero) is 1. The van der Waals surface area contributed by atoms with Gasteiger partial charge in [0.05, 0.1) is 16.4 Å². The van der Waals surface area contributed by atoms with E-state index in [9.17, 15) is 4.79 Å². The van der Waals surface area contributed by atoms with Gasteiger partial charge < -0.3 is 0 Å². The Bertz CT molecular complexity index is 418. The Morgan fingerprint density at radius 2 is 2.00 bits per heavy atom. The van der Waals surface area contributed by atoms with Gasteiger partial charge in [0.2, 0.25) is 0 Å². The molecule has 1 saturated heterocycles. The molecule has 1 aliphatic rings. The number of likely N-dealkylation sites (tertiary alicyclic amines) is 1. The van der Waals surface area contributed by atoms with Crippen molar-refractivity contribution in [3.63, 3.8) is 0 Å². The van der Waals surface area contributed by atoms with Crippen LogP contribution in [0.3, 0.4) is 0 Å². The molecule has 0 aliphatic carbocycles. The molecule has 2 rings (SSSR count). The van der Waals surface area contributed by atoms with Gasteiger partial charge in [-0.05, 0) is 13.8 Å². The molecule has 0 spiro atoms. The van der Waals surface area contributed by atoms with Crippen molar-refractivity contribution in [2.45, 2.75) is 39.8 Å². The minimum absolute atomic E-state index is 0.368. The van der Waals surface area contributed by atoms with Crippen LogP contribution in [0.5, 0.6) is 0 Å². The highest BCUT2D eigenvalue weighted by molar-refractivity contribution is 6.31. The average molecular weight is 256 g/mol. The van der Waals surface area contributed by atoms with Gasteiger partial charge in [0.25, 0.3) is 0 Å².